The van der Waals surface area contributed by atoms with Crippen molar-refractivity contribution in [2.45, 2.75) is 46.1 Å². The number of nitrogens with zero attached hydrogens (tertiary/aromatic N) is 2. The Morgan fingerprint density at radius 3 is 2.55 bits per heavy atom. The lowest BCUT2D eigenvalue weighted by atomic mass is 9.96. The number of nitro benzene ring substituents is 1. The fraction of sp³-hybridized carbons (Fsp3) is 0.571. The number of rotatable bonds is 6. The molecule has 170 valence electrons. The summed E-state index contributed by atoms with van der Waals surface area (Å²) in [6, 6.07) is 4.65. The first-order valence-electron chi connectivity index (χ1n) is 10.3. The van der Waals surface area contributed by atoms with Gasteiger partial charge in [0.15, 0.2) is 0 Å². The number of nitro groups is 1. The maximum absolute atomic E-state index is 12.9. The monoisotopic (exact) mass is 434 g/mol. The van der Waals surface area contributed by atoms with Gasteiger partial charge in [0, 0.05) is 31.7 Å². The van der Waals surface area contributed by atoms with Crippen molar-refractivity contribution in [3.8, 4) is 0 Å². The lowest BCUT2D eigenvalue weighted by Gasteiger charge is -2.32. The minimum atomic E-state index is -0.599. The second kappa shape index (κ2) is 10.2. The van der Waals surface area contributed by atoms with Crippen LogP contribution in [-0.4, -0.2) is 59.5 Å². The Morgan fingerprint density at radius 1 is 1.23 bits per heavy atom. The highest BCUT2D eigenvalue weighted by Gasteiger charge is 2.32. The summed E-state index contributed by atoms with van der Waals surface area (Å²) in [5, 5.41) is 16.7. The van der Waals surface area contributed by atoms with Gasteiger partial charge in [0.2, 0.25) is 5.91 Å². The summed E-state index contributed by atoms with van der Waals surface area (Å²) in [7, 11) is 0. The lowest BCUT2D eigenvalue weighted by molar-refractivity contribution is -0.385. The molecular formula is C21H30N4O6. The van der Waals surface area contributed by atoms with E-state index < -0.39 is 28.4 Å². The van der Waals surface area contributed by atoms with Crippen LogP contribution in [0.15, 0.2) is 18.2 Å². The van der Waals surface area contributed by atoms with E-state index in [4.69, 9.17) is 4.74 Å². The molecule has 1 aromatic carbocycles. The zero-order chi connectivity index (χ0) is 23.2. The highest BCUT2D eigenvalue weighted by Crippen LogP contribution is 2.26. The number of aryl methyl sites for hydroxylation is 1. The number of amides is 3. The summed E-state index contributed by atoms with van der Waals surface area (Å²) in [5.74, 6) is -1.08. The van der Waals surface area contributed by atoms with E-state index in [2.05, 4.69) is 10.6 Å². The number of alkyl carbamates (subject to hydrolysis) is 1. The highest BCUT2D eigenvalue weighted by molar-refractivity contribution is 5.99. The smallest absolute Gasteiger partial charge is 0.407 e. The lowest BCUT2D eigenvalue weighted by Crippen LogP contribution is -2.46. The number of hydrogen-bond donors (Lipinski definition) is 2. The van der Waals surface area contributed by atoms with Gasteiger partial charge in [-0.05, 0) is 46.6 Å². The fourth-order valence-electron chi connectivity index (χ4n) is 3.43. The number of piperidine rings is 1. The van der Waals surface area contributed by atoms with Crippen molar-refractivity contribution in [2.75, 3.05) is 26.2 Å². The van der Waals surface area contributed by atoms with Crippen molar-refractivity contribution < 1.29 is 24.0 Å². The van der Waals surface area contributed by atoms with Crippen LogP contribution in [0.25, 0.3) is 0 Å². The van der Waals surface area contributed by atoms with Gasteiger partial charge in [-0.1, -0.05) is 12.1 Å². The van der Waals surface area contributed by atoms with Crippen LogP contribution >= 0.6 is 0 Å². The molecule has 2 rings (SSSR count). The summed E-state index contributed by atoms with van der Waals surface area (Å²) in [6.45, 7) is 7.94. The Morgan fingerprint density at radius 2 is 1.90 bits per heavy atom. The quantitative estimate of drug-likeness (QED) is 0.402. The van der Waals surface area contributed by atoms with Crippen molar-refractivity contribution in [2.24, 2.45) is 5.92 Å². The summed E-state index contributed by atoms with van der Waals surface area (Å²) in [6.07, 6.45) is 0.681. The van der Waals surface area contributed by atoms with E-state index in [1.165, 1.54) is 11.0 Å². The molecule has 31 heavy (non-hydrogen) atoms. The van der Waals surface area contributed by atoms with Gasteiger partial charge in [-0.3, -0.25) is 19.7 Å². The predicted octanol–water partition coefficient (Wildman–Crippen LogP) is 2.40. The number of para-hydroxylation sites is 1. The number of nitrogens with one attached hydrogen (secondary N) is 2. The van der Waals surface area contributed by atoms with Crippen molar-refractivity contribution in [1.29, 1.82) is 0 Å². The van der Waals surface area contributed by atoms with Crippen LogP contribution < -0.4 is 10.6 Å². The normalized spacial score (nSPS) is 16.4. The van der Waals surface area contributed by atoms with Crippen LogP contribution in [-0.2, 0) is 9.53 Å². The van der Waals surface area contributed by atoms with Gasteiger partial charge in [0.25, 0.3) is 11.6 Å². The van der Waals surface area contributed by atoms with E-state index in [1.807, 2.05) is 0 Å². The third-order valence-electron chi connectivity index (χ3n) is 4.82. The third kappa shape index (κ3) is 6.94. The number of hydrogen-bond acceptors (Lipinski definition) is 6. The van der Waals surface area contributed by atoms with E-state index in [-0.39, 0.29) is 36.8 Å². The van der Waals surface area contributed by atoms with E-state index >= 15 is 0 Å². The summed E-state index contributed by atoms with van der Waals surface area (Å²) < 4.78 is 5.12. The number of likely N-dealkylation sites (tertiary alicyclic amines) is 1. The fourth-order valence-corrected chi connectivity index (χ4v) is 3.43. The Bertz CT molecular complexity index is 849. The van der Waals surface area contributed by atoms with Crippen molar-refractivity contribution in [1.82, 2.24) is 15.5 Å². The van der Waals surface area contributed by atoms with E-state index in [0.29, 0.717) is 24.9 Å². The number of carbonyl (C=O) groups excluding carboxylic acids is 3. The summed E-state index contributed by atoms with van der Waals surface area (Å²) >= 11 is 0. The highest BCUT2D eigenvalue weighted by atomic mass is 16.6. The Balaban J connectivity index is 1.90. The molecule has 0 spiro atoms. The van der Waals surface area contributed by atoms with Crippen LogP contribution in [0.4, 0.5) is 10.5 Å². The van der Waals surface area contributed by atoms with Gasteiger partial charge >= 0.3 is 6.09 Å². The minimum absolute atomic E-state index is 0.0348. The minimum Gasteiger partial charge on any atom is -0.444 e. The van der Waals surface area contributed by atoms with Crippen molar-refractivity contribution in [3.05, 3.63) is 39.4 Å². The van der Waals surface area contributed by atoms with Gasteiger partial charge in [0.05, 0.1) is 10.8 Å². The molecule has 1 fully saturated rings. The third-order valence-corrected chi connectivity index (χ3v) is 4.82. The first kappa shape index (κ1) is 24.1. The molecule has 0 aliphatic carbocycles. The molecule has 1 atom stereocenters. The molecule has 0 aromatic heterocycles. The molecule has 1 aromatic rings. The summed E-state index contributed by atoms with van der Waals surface area (Å²) in [4.78, 5) is 49.4. The molecule has 1 heterocycles. The molecule has 10 heteroatoms. The predicted molar refractivity (Wildman–Crippen MR) is 114 cm³/mol. The SMILES string of the molecule is Cc1cccc(C(=O)N2CCCC(C(=O)NCCNC(=O)OC(C)(C)C)C2)c1[N+](=O)[O-]. The number of carbonyl (C=O) groups is 3. The van der Waals surface area contributed by atoms with Crippen LogP contribution in [0.5, 0.6) is 0 Å². The van der Waals surface area contributed by atoms with Gasteiger partial charge in [-0.25, -0.2) is 4.79 Å². The standard InChI is InChI=1S/C21H30N4O6/c1-14-7-5-9-16(17(14)25(29)30)19(27)24-12-6-8-15(13-24)18(26)22-10-11-23-20(28)31-21(2,3)4/h5,7,9,15H,6,8,10-13H2,1-4H3,(H,22,26)(H,23,28). The van der Waals surface area contributed by atoms with Gasteiger partial charge < -0.3 is 20.3 Å². The number of ether oxygens (including phenoxy) is 1. The van der Waals surface area contributed by atoms with E-state index in [1.54, 1.807) is 39.8 Å². The van der Waals surface area contributed by atoms with Crippen molar-refractivity contribution in [3.63, 3.8) is 0 Å². The summed E-state index contributed by atoms with van der Waals surface area (Å²) in [5.41, 5.74) is -0.350. The Labute approximate surface area is 181 Å². The molecule has 0 bridgehead atoms. The average molecular weight is 434 g/mol. The molecule has 2 N–H and O–H groups in total. The molecular weight excluding hydrogens is 404 g/mol. The zero-order valence-electron chi connectivity index (χ0n) is 18.4. The maximum Gasteiger partial charge on any atom is 0.407 e. The van der Waals surface area contributed by atoms with Gasteiger partial charge in [0.1, 0.15) is 11.2 Å². The largest absolute Gasteiger partial charge is 0.444 e. The van der Waals surface area contributed by atoms with Gasteiger partial charge in [-0.2, -0.15) is 0 Å². The average Bonchev–Trinajstić information content (AvgIpc) is 2.68. The molecule has 0 saturated carbocycles. The molecule has 1 unspecified atom stereocenters. The van der Waals surface area contributed by atoms with Gasteiger partial charge in [-0.15, -0.1) is 0 Å². The molecule has 1 saturated heterocycles. The molecule has 3 amide bonds. The van der Waals surface area contributed by atoms with E-state index in [0.717, 1.165) is 0 Å². The molecule has 0 radical (unpaired) electrons. The van der Waals surface area contributed by atoms with Crippen LogP contribution in [0.3, 0.4) is 0 Å². The molecule has 1 aliphatic rings. The van der Waals surface area contributed by atoms with Crippen LogP contribution in [0.2, 0.25) is 0 Å². The Hall–Kier alpha value is -3.17. The maximum atomic E-state index is 12.9. The van der Waals surface area contributed by atoms with Crippen LogP contribution in [0.1, 0.15) is 49.5 Å². The second-order valence-electron chi connectivity index (χ2n) is 8.54. The topological polar surface area (TPSA) is 131 Å². The zero-order valence-corrected chi connectivity index (χ0v) is 18.4. The van der Waals surface area contributed by atoms with Crippen molar-refractivity contribution >= 4 is 23.6 Å². The van der Waals surface area contributed by atoms with E-state index in [9.17, 15) is 24.5 Å². The first-order chi connectivity index (χ1) is 14.5. The first-order valence-corrected chi connectivity index (χ1v) is 10.3. The Kier molecular flexibility index (Phi) is 7.95. The second-order valence-corrected chi connectivity index (χ2v) is 8.54. The molecule has 10 nitrogen and oxygen atoms in total. The molecule has 1 aliphatic heterocycles. The number of benzene rings is 1. The van der Waals surface area contributed by atoms with Crippen LogP contribution in [0, 0.1) is 23.0 Å².